The molecule has 0 spiro atoms. The van der Waals surface area contributed by atoms with Gasteiger partial charge in [-0.3, -0.25) is 14.4 Å². The molecule has 0 bridgehead atoms. The van der Waals surface area contributed by atoms with E-state index in [2.05, 4.69) is 17.1 Å². The molecule has 3 aliphatic rings. The number of halogens is 1. The maximum absolute atomic E-state index is 13.4. The van der Waals surface area contributed by atoms with Crippen molar-refractivity contribution in [2.75, 3.05) is 25.1 Å². The van der Waals surface area contributed by atoms with E-state index in [1.807, 2.05) is 31.2 Å². The van der Waals surface area contributed by atoms with E-state index in [0.717, 1.165) is 42.6 Å². The Labute approximate surface area is 233 Å². The highest BCUT2D eigenvalue weighted by molar-refractivity contribution is 6.32. The lowest BCUT2D eigenvalue weighted by molar-refractivity contribution is -0.118. The smallest absolute Gasteiger partial charge is 0.262 e. The molecule has 2 aromatic carbocycles. The molecule has 0 atom stereocenters. The van der Waals surface area contributed by atoms with E-state index in [1.165, 1.54) is 0 Å². The Morgan fingerprint density at radius 3 is 2.18 bits per heavy atom. The molecule has 0 saturated heterocycles. The first-order valence-electron chi connectivity index (χ1n) is 13.7. The van der Waals surface area contributed by atoms with Crippen LogP contribution in [0.15, 0.2) is 65.0 Å². The van der Waals surface area contributed by atoms with E-state index in [4.69, 9.17) is 21.1 Å². The van der Waals surface area contributed by atoms with Crippen molar-refractivity contribution in [3.05, 3.63) is 75.6 Å². The highest BCUT2D eigenvalue weighted by Gasteiger charge is 2.43. The van der Waals surface area contributed by atoms with E-state index in [-0.39, 0.29) is 34.9 Å². The second-order valence-corrected chi connectivity index (χ2v) is 10.3. The number of amides is 1. The zero-order chi connectivity index (χ0) is 27.5. The van der Waals surface area contributed by atoms with Crippen LogP contribution >= 0.6 is 11.6 Å². The minimum absolute atomic E-state index is 0.0802. The zero-order valence-electron chi connectivity index (χ0n) is 22.3. The van der Waals surface area contributed by atoms with Crippen LogP contribution in [-0.2, 0) is 14.4 Å². The minimum Gasteiger partial charge on any atom is -0.490 e. The van der Waals surface area contributed by atoms with Gasteiger partial charge in [-0.05, 0) is 69.4 Å². The first-order valence-corrected chi connectivity index (χ1v) is 14.0. The average Bonchev–Trinajstić information content (AvgIpc) is 2.92. The summed E-state index contributed by atoms with van der Waals surface area (Å²) in [5.41, 5.74) is 4.85. The number of anilines is 1. The van der Waals surface area contributed by atoms with Crippen LogP contribution in [0.2, 0.25) is 5.02 Å². The molecule has 1 N–H and O–H groups in total. The molecule has 204 valence electrons. The Morgan fingerprint density at radius 1 is 0.949 bits per heavy atom. The number of benzene rings is 2. The van der Waals surface area contributed by atoms with Crippen LogP contribution in [0.5, 0.6) is 11.5 Å². The molecule has 0 unspecified atom stereocenters. The molecule has 0 radical (unpaired) electrons. The van der Waals surface area contributed by atoms with Gasteiger partial charge in [0.15, 0.2) is 29.7 Å². The lowest BCUT2D eigenvalue weighted by atomic mass is 9.71. The summed E-state index contributed by atoms with van der Waals surface area (Å²) in [6, 6.07) is 12.7. The molecule has 2 aromatic rings. The highest BCUT2D eigenvalue weighted by Crippen LogP contribution is 2.51. The van der Waals surface area contributed by atoms with Gasteiger partial charge in [-0.15, -0.1) is 0 Å². The van der Waals surface area contributed by atoms with Gasteiger partial charge in [-0.25, -0.2) is 0 Å². The number of Topliss-reactive ketones (excluding diaryl/α,β-unsaturated/α-hetero) is 2. The summed E-state index contributed by atoms with van der Waals surface area (Å²) in [7, 11) is 0. The first-order chi connectivity index (χ1) is 18.9. The van der Waals surface area contributed by atoms with Gasteiger partial charge in [-0.2, -0.15) is 0 Å². The average molecular weight is 549 g/mol. The second-order valence-electron chi connectivity index (χ2n) is 9.92. The predicted octanol–water partition coefficient (Wildman–Crippen LogP) is 6.19. The third kappa shape index (κ3) is 5.33. The largest absolute Gasteiger partial charge is 0.490 e. The Kier molecular flexibility index (Phi) is 8.07. The standard InChI is InChI=1S/C31H33ClN2O5/c1-3-34-22-12-8-14-24(35)29(22)28(30-23(34)13-9-15-25(30)36)19-16-21(32)31(26(17-19)38-4-2)39-18-27(37)33-20-10-6-5-7-11-20/h5-7,10-11,16-17,28H,3-4,8-9,12-15,18H2,1-2H3,(H,33,37). The topological polar surface area (TPSA) is 84.9 Å². The van der Waals surface area contributed by atoms with E-state index in [9.17, 15) is 14.4 Å². The second kappa shape index (κ2) is 11.7. The Bertz CT molecular complexity index is 1320. The summed E-state index contributed by atoms with van der Waals surface area (Å²) < 4.78 is 11.8. The number of nitrogens with one attached hydrogen (secondary N) is 1. The third-order valence-corrected chi connectivity index (χ3v) is 7.75. The summed E-state index contributed by atoms with van der Waals surface area (Å²) in [4.78, 5) is 41.5. The number of carbonyl (C=O) groups excluding carboxylic acids is 3. The van der Waals surface area contributed by atoms with Crippen molar-refractivity contribution >= 4 is 34.8 Å². The van der Waals surface area contributed by atoms with Gasteiger partial charge in [0, 0.05) is 53.5 Å². The fraction of sp³-hybridized carbons (Fsp3) is 0.387. The van der Waals surface area contributed by atoms with Crippen molar-refractivity contribution < 1.29 is 23.9 Å². The minimum atomic E-state index is -0.495. The Hall–Kier alpha value is -3.58. The van der Waals surface area contributed by atoms with Crippen LogP contribution in [-0.4, -0.2) is 42.1 Å². The molecule has 1 amide bonds. The molecular formula is C31H33ClN2O5. The molecular weight excluding hydrogens is 516 g/mol. The third-order valence-electron chi connectivity index (χ3n) is 7.47. The van der Waals surface area contributed by atoms with Gasteiger partial charge in [0.2, 0.25) is 0 Å². The molecule has 5 rings (SSSR count). The van der Waals surface area contributed by atoms with Crippen LogP contribution in [0.1, 0.15) is 63.9 Å². The molecule has 1 aliphatic heterocycles. The van der Waals surface area contributed by atoms with Crippen molar-refractivity contribution in [3.8, 4) is 11.5 Å². The van der Waals surface area contributed by atoms with Crippen LogP contribution < -0.4 is 14.8 Å². The molecule has 8 heteroatoms. The van der Waals surface area contributed by atoms with Crippen molar-refractivity contribution in [2.45, 2.75) is 58.3 Å². The van der Waals surface area contributed by atoms with Crippen molar-refractivity contribution in [2.24, 2.45) is 0 Å². The van der Waals surface area contributed by atoms with Crippen molar-refractivity contribution in [1.29, 1.82) is 0 Å². The monoisotopic (exact) mass is 548 g/mol. The van der Waals surface area contributed by atoms with Gasteiger partial charge in [-0.1, -0.05) is 29.8 Å². The fourth-order valence-electron chi connectivity index (χ4n) is 5.95. The number of rotatable bonds is 8. The Morgan fingerprint density at radius 2 is 1.59 bits per heavy atom. The van der Waals surface area contributed by atoms with Crippen molar-refractivity contribution in [3.63, 3.8) is 0 Å². The molecule has 0 saturated carbocycles. The molecule has 39 heavy (non-hydrogen) atoms. The summed E-state index contributed by atoms with van der Waals surface area (Å²) >= 11 is 6.76. The normalized spacial score (nSPS) is 17.7. The number of nitrogens with zero attached hydrogens (tertiary/aromatic N) is 1. The zero-order valence-corrected chi connectivity index (χ0v) is 23.1. The summed E-state index contributed by atoms with van der Waals surface area (Å²) in [5.74, 6) is -0.0363. The van der Waals surface area contributed by atoms with E-state index in [0.29, 0.717) is 48.6 Å². The quantitative estimate of drug-likeness (QED) is 0.423. The maximum Gasteiger partial charge on any atom is 0.262 e. The number of hydrogen-bond donors (Lipinski definition) is 1. The number of ketones is 2. The molecule has 0 aromatic heterocycles. The number of allylic oxidation sites excluding steroid dienone is 4. The summed E-state index contributed by atoms with van der Waals surface area (Å²) in [5, 5.41) is 3.05. The lowest BCUT2D eigenvalue weighted by Crippen LogP contribution is -2.39. The molecule has 1 heterocycles. The van der Waals surface area contributed by atoms with Gasteiger partial charge >= 0.3 is 0 Å². The van der Waals surface area contributed by atoms with Gasteiger partial charge in [0.05, 0.1) is 11.6 Å². The van der Waals surface area contributed by atoms with E-state index in [1.54, 1.807) is 18.2 Å². The van der Waals surface area contributed by atoms with Crippen LogP contribution in [0.4, 0.5) is 5.69 Å². The SMILES string of the molecule is CCOc1cc(C2C3=C(CCCC3=O)N(CC)C3=C2C(=O)CCC3)cc(Cl)c1OCC(=O)Nc1ccccc1. The van der Waals surface area contributed by atoms with E-state index >= 15 is 0 Å². The summed E-state index contributed by atoms with van der Waals surface area (Å²) in [6.07, 6.45) is 4.15. The number of carbonyl (C=O) groups is 3. The predicted molar refractivity (Wildman–Crippen MR) is 150 cm³/mol. The Balaban J connectivity index is 1.52. The number of ether oxygens (including phenoxy) is 2. The van der Waals surface area contributed by atoms with Crippen LogP contribution in [0.25, 0.3) is 0 Å². The number of para-hydroxylation sites is 1. The number of hydrogen-bond acceptors (Lipinski definition) is 6. The van der Waals surface area contributed by atoms with Crippen LogP contribution in [0.3, 0.4) is 0 Å². The fourth-order valence-corrected chi connectivity index (χ4v) is 6.22. The molecule has 0 fully saturated rings. The van der Waals surface area contributed by atoms with Crippen LogP contribution in [0, 0.1) is 0 Å². The summed E-state index contributed by atoms with van der Waals surface area (Å²) in [6.45, 7) is 4.72. The molecule has 7 nitrogen and oxygen atoms in total. The highest BCUT2D eigenvalue weighted by atomic mass is 35.5. The van der Waals surface area contributed by atoms with Gasteiger partial charge < -0.3 is 19.7 Å². The molecule has 2 aliphatic carbocycles. The van der Waals surface area contributed by atoms with Gasteiger partial charge in [0.25, 0.3) is 5.91 Å². The maximum atomic E-state index is 13.4. The van der Waals surface area contributed by atoms with Crippen molar-refractivity contribution in [1.82, 2.24) is 4.90 Å². The van der Waals surface area contributed by atoms with E-state index < -0.39 is 5.92 Å². The van der Waals surface area contributed by atoms with Gasteiger partial charge in [0.1, 0.15) is 0 Å². The lowest BCUT2D eigenvalue weighted by Gasteiger charge is -2.43. The first kappa shape index (κ1) is 27.0.